The molecule has 0 radical (unpaired) electrons. The molecule has 16 fully saturated rings. The molecule has 16 saturated carbocycles. The smallest absolute Gasteiger partial charge is 0.314 e. The molecule has 76 heavy (non-hydrogen) atoms. The molecule has 0 aromatic rings. The summed E-state index contributed by atoms with van der Waals surface area (Å²) in [5.74, 6) is 2.77. The number of hydrogen-bond donors (Lipinski definition) is 6. The molecular weight excluding hydrogens is 969 g/mol. The summed E-state index contributed by atoms with van der Waals surface area (Å²) in [6, 6.07) is 0. The van der Waals surface area contributed by atoms with Crippen molar-refractivity contribution in [2.24, 2.45) is 64.1 Å². The van der Waals surface area contributed by atoms with Gasteiger partial charge in [0, 0.05) is 38.5 Å². The van der Waals surface area contributed by atoms with Crippen molar-refractivity contribution < 1.29 is 68.8 Å². The molecule has 432 valence electrons. The van der Waals surface area contributed by atoms with Crippen LogP contribution in [0, 0.1) is 64.1 Å². The number of aliphatic hydroxyl groups excluding tert-OH is 1. The maximum Gasteiger partial charge on any atom is 0.314 e. The molecule has 6 N–H and O–H groups in total. The minimum absolute atomic E-state index is 0.0207. The van der Waals surface area contributed by atoms with Gasteiger partial charge in [-0.1, -0.05) is 41.5 Å². The highest BCUT2D eigenvalue weighted by Gasteiger charge is 2.66. The Bertz CT molecular complexity index is 2120. The Morgan fingerprint density at radius 2 is 0.724 bits per heavy atom. The van der Waals surface area contributed by atoms with E-state index in [1.807, 2.05) is 55.4 Å². The molecule has 14 nitrogen and oxygen atoms in total. The van der Waals surface area contributed by atoms with Gasteiger partial charge in [0.25, 0.3) is 0 Å². The molecule has 14 heteroatoms. The fraction of sp³-hybridized carbons (Fsp3) is 0.935. The van der Waals surface area contributed by atoms with E-state index in [4.69, 9.17) is 18.9 Å². The maximum absolute atomic E-state index is 12.5. The van der Waals surface area contributed by atoms with Crippen molar-refractivity contribution in [2.75, 3.05) is 6.61 Å². The second kappa shape index (κ2) is 20.3. The zero-order valence-electron chi connectivity index (χ0n) is 48.2. The van der Waals surface area contributed by atoms with Gasteiger partial charge in [0.2, 0.25) is 0 Å². The molecule has 16 bridgehead atoms. The molecule has 0 amide bonds. The summed E-state index contributed by atoms with van der Waals surface area (Å²) >= 11 is 0. The van der Waals surface area contributed by atoms with Gasteiger partial charge < -0.3 is 49.6 Å². The van der Waals surface area contributed by atoms with Crippen molar-refractivity contribution in [1.82, 2.24) is 0 Å². The lowest BCUT2D eigenvalue weighted by Crippen LogP contribution is -2.67. The van der Waals surface area contributed by atoms with Crippen LogP contribution >= 0.6 is 0 Å². The van der Waals surface area contributed by atoms with Crippen molar-refractivity contribution >= 4 is 23.9 Å². The molecular formula is C62H100O14. The fourth-order valence-corrected chi connectivity index (χ4v) is 19.2. The topological polar surface area (TPSA) is 227 Å². The highest BCUT2D eigenvalue weighted by atomic mass is 16.6. The van der Waals surface area contributed by atoms with Gasteiger partial charge in [0.1, 0.15) is 22.4 Å². The molecule has 0 heterocycles. The Morgan fingerprint density at radius 3 is 1.03 bits per heavy atom. The Kier molecular flexibility index (Phi) is 15.5. The van der Waals surface area contributed by atoms with Crippen LogP contribution in [-0.4, -0.2) is 112 Å². The van der Waals surface area contributed by atoms with Crippen LogP contribution in [0.3, 0.4) is 0 Å². The summed E-state index contributed by atoms with van der Waals surface area (Å²) in [5, 5.41) is 62.5. The predicted octanol–water partition coefficient (Wildman–Crippen LogP) is 9.51. The van der Waals surface area contributed by atoms with Crippen molar-refractivity contribution in [3.8, 4) is 0 Å². The van der Waals surface area contributed by atoms with Crippen LogP contribution in [0.5, 0.6) is 0 Å². The number of esters is 4. The Balaban J connectivity index is 0.000000124. The molecule has 11 atom stereocenters. The standard InChI is InChI=1S/C16H26O4.C16H26O3.C15H24O4.C15H24O3/c1-3-14(2,10-17)13(18)20-16-7-11-4-12(8-16)6-15(19,5-11)9-16;1-4-14(2,3)13(17)19-16-8-11-5-12(9-16)7-15(18,6-11)10-16;1-3-10(2)12(16)19-15-6-11-4-13(17,8-15)7-14(18,5-11)9-15;1-3-10(2)13(16)18-15-7-11-4-12(8-15)6-14(17,5-11)9-15/h11-12,17,19H,3-10H2,1-2H3;11-12,18H,4-10H2,1-3H3;10-11,17-18H,3-9H2,1-2H3;10-12,17H,3-9H2,1-2H3. The average Bonchev–Trinajstić information content (AvgIpc) is 3.40. The summed E-state index contributed by atoms with van der Waals surface area (Å²) in [4.78, 5) is 49.0. The van der Waals surface area contributed by atoms with Crippen molar-refractivity contribution in [3.05, 3.63) is 0 Å². The minimum Gasteiger partial charge on any atom is -0.459 e. The van der Waals surface area contributed by atoms with Gasteiger partial charge in [0.15, 0.2) is 0 Å². The fourth-order valence-electron chi connectivity index (χ4n) is 19.2. The van der Waals surface area contributed by atoms with E-state index in [0.717, 1.165) is 116 Å². The first kappa shape index (κ1) is 58.3. The third-order valence-electron chi connectivity index (χ3n) is 22.2. The number of rotatable bonds is 13. The lowest BCUT2D eigenvalue weighted by atomic mass is 9.50. The first-order valence-corrected chi connectivity index (χ1v) is 30.4. The monoisotopic (exact) mass is 1070 g/mol. The molecule has 16 rings (SSSR count). The van der Waals surface area contributed by atoms with Crippen LogP contribution in [0.2, 0.25) is 0 Å². The van der Waals surface area contributed by atoms with E-state index in [1.54, 1.807) is 6.92 Å². The van der Waals surface area contributed by atoms with Gasteiger partial charge in [-0.25, -0.2) is 0 Å². The average molecular weight is 1070 g/mol. The lowest BCUT2D eigenvalue weighted by molar-refractivity contribution is -0.262. The SMILES string of the molecule is CCC(C)(C)C(=O)OC12CC3CC(CC(O)(C3)C1)C2.CCC(C)(CO)C(=O)OC12CC3CC(CC(O)(C3)C1)C2.CCC(C)C(=O)OC12CC3CC(CC(O)(C3)C1)C2.CCC(C)C(=O)OC12CC3CC(O)(CC(O)(C3)C1)C2. The predicted molar refractivity (Wildman–Crippen MR) is 284 cm³/mol. The number of hydrogen-bond acceptors (Lipinski definition) is 14. The molecule has 0 aliphatic heterocycles. The van der Waals surface area contributed by atoms with Crippen molar-refractivity contribution in [2.45, 2.75) is 293 Å². The number of ether oxygens (including phenoxy) is 4. The highest BCUT2D eigenvalue weighted by molar-refractivity contribution is 5.77. The minimum atomic E-state index is -0.829. The molecule has 0 spiro atoms. The maximum atomic E-state index is 12.5. The van der Waals surface area contributed by atoms with Gasteiger partial charge in [-0.3, -0.25) is 19.2 Å². The number of carbonyl (C=O) groups is 4. The third kappa shape index (κ3) is 11.9. The summed E-state index contributed by atoms with van der Waals surface area (Å²) in [6.07, 6.45) is 23.3. The molecule has 0 saturated heterocycles. The van der Waals surface area contributed by atoms with Crippen LogP contribution in [0.4, 0.5) is 0 Å². The van der Waals surface area contributed by atoms with Crippen LogP contribution in [-0.2, 0) is 38.1 Å². The zero-order valence-corrected chi connectivity index (χ0v) is 48.2. The molecule has 0 aromatic carbocycles. The highest BCUT2D eigenvalue weighted by Crippen LogP contribution is 2.63. The summed E-state index contributed by atoms with van der Waals surface area (Å²) in [5.41, 5.74) is -6.38. The van der Waals surface area contributed by atoms with Gasteiger partial charge in [-0.15, -0.1) is 0 Å². The van der Waals surface area contributed by atoms with Crippen LogP contribution in [0.25, 0.3) is 0 Å². The largest absolute Gasteiger partial charge is 0.459 e. The van der Waals surface area contributed by atoms with E-state index in [9.17, 15) is 49.8 Å². The second-order valence-corrected chi connectivity index (χ2v) is 30.3. The summed E-state index contributed by atoms with van der Waals surface area (Å²) in [7, 11) is 0. The Morgan fingerprint density at radius 1 is 0.421 bits per heavy atom. The quantitative estimate of drug-likeness (QED) is 0.0746. The Hall–Kier alpha value is -2.36. The van der Waals surface area contributed by atoms with E-state index in [1.165, 1.54) is 19.3 Å². The molecule has 16 aliphatic rings. The molecule has 16 aliphatic carbocycles. The lowest BCUT2D eigenvalue weighted by Gasteiger charge is -2.62. The summed E-state index contributed by atoms with van der Waals surface area (Å²) in [6.45, 7) is 17.2. The van der Waals surface area contributed by atoms with E-state index < -0.39 is 50.0 Å². The number of aliphatic hydroxyl groups is 6. The van der Waals surface area contributed by atoms with Crippen molar-refractivity contribution in [3.63, 3.8) is 0 Å². The second-order valence-electron chi connectivity index (χ2n) is 30.3. The molecule has 0 aromatic heterocycles. The van der Waals surface area contributed by atoms with Gasteiger partial charge >= 0.3 is 23.9 Å². The van der Waals surface area contributed by atoms with Crippen LogP contribution < -0.4 is 0 Å². The van der Waals surface area contributed by atoms with Crippen LogP contribution in [0.1, 0.15) is 242 Å². The van der Waals surface area contributed by atoms with Gasteiger partial charge in [-0.2, -0.15) is 0 Å². The van der Waals surface area contributed by atoms with E-state index in [0.29, 0.717) is 80.5 Å². The zero-order chi connectivity index (χ0) is 55.3. The van der Waals surface area contributed by atoms with Gasteiger partial charge in [-0.05, 0) is 203 Å². The normalized spacial score (nSPS) is 46.4. The van der Waals surface area contributed by atoms with E-state index in [-0.39, 0.29) is 59.4 Å². The van der Waals surface area contributed by atoms with E-state index in [2.05, 4.69) is 0 Å². The summed E-state index contributed by atoms with van der Waals surface area (Å²) < 4.78 is 23.5. The van der Waals surface area contributed by atoms with Gasteiger partial charge in [0.05, 0.1) is 57.3 Å². The third-order valence-corrected chi connectivity index (χ3v) is 22.2. The number of carbonyl (C=O) groups excluding carboxylic acids is 4. The first-order chi connectivity index (χ1) is 35.3. The molecule has 11 unspecified atom stereocenters. The Labute approximate surface area is 454 Å². The van der Waals surface area contributed by atoms with Crippen LogP contribution in [0.15, 0.2) is 0 Å². The first-order valence-electron chi connectivity index (χ1n) is 30.4. The van der Waals surface area contributed by atoms with Crippen molar-refractivity contribution in [1.29, 1.82) is 0 Å². The van der Waals surface area contributed by atoms with E-state index >= 15 is 0 Å².